The molecule has 2 atom stereocenters. The summed E-state index contributed by atoms with van der Waals surface area (Å²) in [6.07, 6.45) is 1.37. The fourth-order valence-electron chi connectivity index (χ4n) is 2.34. The lowest BCUT2D eigenvalue weighted by molar-refractivity contribution is -0.0322. The molecule has 0 aliphatic carbocycles. The number of morpholine rings is 1. The van der Waals surface area contributed by atoms with E-state index < -0.39 is 5.60 Å². The summed E-state index contributed by atoms with van der Waals surface area (Å²) in [4.78, 5) is 14.0. The first-order chi connectivity index (χ1) is 10.4. The normalized spacial score (nSPS) is 20.7. The largest absolute Gasteiger partial charge is 0.468 e. The Kier molecular flexibility index (Phi) is 5.47. The van der Waals surface area contributed by atoms with Crippen molar-refractivity contribution in [2.24, 2.45) is 0 Å². The van der Waals surface area contributed by atoms with Crippen LogP contribution < -0.4 is 5.32 Å². The topological polar surface area (TPSA) is 63.9 Å². The molecule has 6 heteroatoms. The summed E-state index contributed by atoms with van der Waals surface area (Å²) in [6.45, 7) is 9.88. The molecule has 1 aliphatic rings. The number of ether oxygens (including phenoxy) is 2. The van der Waals surface area contributed by atoms with Crippen LogP contribution in [0.1, 0.15) is 39.5 Å². The predicted molar refractivity (Wildman–Crippen MR) is 82.7 cm³/mol. The molecule has 1 N–H and O–H groups in total. The average Bonchev–Trinajstić information content (AvgIpc) is 2.97. The molecule has 1 aromatic heterocycles. The first-order valence-electron chi connectivity index (χ1n) is 7.71. The van der Waals surface area contributed by atoms with Crippen molar-refractivity contribution in [3.05, 3.63) is 24.2 Å². The predicted octanol–water partition coefficient (Wildman–Crippen LogP) is 2.57. The van der Waals surface area contributed by atoms with Crippen LogP contribution in [0.3, 0.4) is 0 Å². The van der Waals surface area contributed by atoms with Gasteiger partial charge in [-0.3, -0.25) is 4.90 Å². The monoisotopic (exact) mass is 310 g/mol. The first kappa shape index (κ1) is 16.8. The van der Waals surface area contributed by atoms with Crippen molar-refractivity contribution in [1.29, 1.82) is 0 Å². The fraction of sp³-hybridized carbons (Fsp3) is 0.688. The lowest BCUT2D eigenvalue weighted by atomic mass is 10.2. The summed E-state index contributed by atoms with van der Waals surface area (Å²) in [5, 5.41) is 3.38. The Bertz CT molecular complexity index is 467. The number of nitrogens with one attached hydrogen (secondary N) is 1. The van der Waals surface area contributed by atoms with Gasteiger partial charge >= 0.3 is 6.09 Å². The Morgan fingerprint density at radius 3 is 2.95 bits per heavy atom. The molecule has 6 nitrogen and oxygen atoms in total. The van der Waals surface area contributed by atoms with Crippen molar-refractivity contribution >= 4 is 6.09 Å². The van der Waals surface area contributed by atoms with Crippen molar-refractivity contribution < 1.29 is 18.7 Å². The Labute approximate surface area is 131 Å². The highest BCUT2D eigenvalue weighted by Crippen LogP contribution is 2.16. The van der Waals surface area contributed by atoms with Crippen LogP contribution in [0.5, 0.6) is 0 Å². The summed E-state index contributed by atoms with van der Waals surface area (Å²) in [6, 6.07) is 3.84. The van der Waals surface area contributed by atoms with Crippen LogP contribution in [0.15, 0.2) is 22.8 Å². The smallest absolute Gasteiger partial charge is 0.410 e. The standard InChI is InChI=1S/C16H26N2O4/c1-12(14-6-5-8-21-14)17-10-13-11-20-9-7-18(13)15(19)22-16(2,3)4/h5-6,8,12-13,17H,7,9-11H2,1-4H3. The summed E-state index contributed by atoms with van der Waals surface area (Å²) in [7, 11) is 0. The quantitative estimate of drug-likeness (QED) is 0.926. The van der Waals surface area contributed by atoms with Crippen molar-refractivity contribution in [3.8, 4) is 0 Å². The Balaban J connectivity index is 1.90. The van der Waals surface area contributed by atoms with Gasteiger partial charge in [0.05, 0.1) is 31.6 Å². The zero-order valence-electron chi connectivity index (χ0n) is 13.8. The van der Waals surface area contributed by atoms with Crippen LogP contribution in [0.2, 0.25) is 0 Å². The molecule has 1 saturated heterocycles. The van der Waals surface area contributed by atoms with Crippen molar-refractivity contribution in [3.63, 3.8) is 0 Å². The zero-order chi connectivity index (χ0) is 16.2. The maximum atomic E-state index is 12.3. The second kappa shape index (κ2) is 7.15. The number of rotatable bonds is 4. The van der Waals surface area contributed by atoms with Crippen molar-refractivity contribution in [2.75, 3.05) is 26.3 Å². The number of hydrogen-bond donors (Lipinski definition) is 1. The van der Waals surface area contributed by atoms with E-state index in [0.717, 1.165) is 5.76 Å². The van der Waals surface area contributed by atoms with E-state index in [0.29, 0.717) is 26.3 Å². The highest BCUT2D eigenvalue weighted by atomic mass is 16.6. The third-order valence-electron chi connectivity index (χ3n) is 3.49. The highest BCUT2D eigenvalue weighted by Gasteiger charge is 2.31. The number of hydrogen-bond acceptors (Lipinski definition) is 5. The molecule has 124 valence electrons. The molecular formula is C16H26N2O4. The molecule has 0 bridgehead atoms. The molecular weight excluding hydrogens is 284 g/mol. The number of amides is 1. The SMILES string of the molecule is CC(NCC1COCCN1C(=O)OC(C)(C)C)c1ccco1. The van der Waals surface area contributed by atoms with E-state index in [2.05, 4.69) is 5.32 Å². The lowest BCUT2D eigenvalue weighted by Crippen LogP contribution is -2.54. The van der Waals surface area contributed by atoms with Gasteiger partial charge in [-0.15, -0.1) is 0 Å². The fourth-order valence-corrected chi connectivity index (χ4v) is 2.34. The van der Waals surface area contributed by atoms with Crippen LogP contribution >= 0.6 is 0 Å². The van der Waals surface area contributed by atoms with Gasteiger partial charge in [0, 0.05) is 13.1 Å². The molecule has 0 radical (unpaired) electrons. The van der Waals surface area contributed by atoms with Crippen LogP contribution in [0.4, 0.5) is 4.79 Å². The number of carbonyl (C=O) groups is 1. The molecule has 0 aromatic carbocycles. The molecule has 0 spiro atoms. The summed E-state index contributed by atoms with van der Waals surface area (Å²) in [5.41, 5.74) is -0.491. The van der Waals surface area contributed by atoms with E-state index in [9.17, 15) is 4.79 Å². The molecule has 0 saturated carbocycles. The average molecular weight is 310 g/mol. The molecule has 1 fully saturated rings. The highest BCUT2D eigenvalue weighted by molar-refractivity contribution is 5.68. The molecule has 1 amide bonds. The number of nitrogens with zero attached hydrogens (tertiary/aromatic N) is 1. The third-order valence-corrected chi connectivity index (χ3v) is 3.49. The van der Waals surface area contributed by atoms with E-state index in [4.69, 9.17) is 13.9 Å². The number of carbonyl (C=O) groups excluding carboxylic acids is 1. The maximum Gasteiger partial charge on any atom is 0.410 e. The summed E-state index contributed by atoms with van der Waals surface area (Å²) in [5.74, 6) is 0.876. The van der Waals surface area contributed by atoms with Gasteiger partial charge in [0.25, 0.3) is 0 Å². The molecule has 2 rings (SSSR count). The first-order valence-corrected chi connectivity index (χ1v) is 7.71. The number of furan rings is 1. The van der Waals surface area contributed by atoms with E-state index in [1.54, 1.807) is 11.2 Å². The van der Waals surface area contributed by atoms with Gasteiger partial charge < -0.3 is 19.2 Å². The summed E-state index contributed by atoms with van der Waals surface area (Å²) >= 11 is 0. The minimum Gasteiger partial charge on any atom is -0.468 e. The summed E-state index contributed by atoms with van der Waals surface area (Å²) < 4.78 is 16.4. The molecule has 1 aliphatic heterocycles. The molecule has 2 unspecified atom stereocenters. The van der Waals surface area contributed by atoms with Crippen LogP contribution in [-0.2, 0) is 9.47 Å². The lowest BCUT2D eigenvalue weighted by Gasteiger charge is -2.37. The van der Waals surface area contributed by atoms with Crippen molar-refractivity contribution in [2.45, 2.75) is 45.4 Å². The molecule has 2 heterocycles. The second-order valence-electron chi connectivity index (χ2n) is 6.55. The maximum absolute atomic E-state index is 12.3. The van der Waals surface area contributed by atoms with Gasteiger partial charge in [0.2, 0.25) is 0 Å². The zero-order valence-corrected chi connectivity index (χ0v) is 13.8. The van der Waals surface area contributed by atoms with Gasteiger partial charge in [0.15, 0.2) is 0 Å². The van der Waals surface area contributed by atoms with E-state index in [-0.39, 0.29) is 18.2 Å². The Morgan fingerprint density at radius 1 is 1.55 bits per heavy atom. The van der Waals surface area contributed by atoms with Crippen LogP contribution in [0.25, 0.3) is 0 Å². The van der Waals surface area contributed by atoms with Crippen molar-refractivity contribution in [1.82, 2.24) is 10.2 Å². The van der Waals surface area contributed by atoms with E-state index in [1.807, 2.05) is 39.8 Å². The van der Waals surface area contributed by atoms with Gasteiger partial charge in [-0.25, -0.2) is 4.79 Å². The molecule has 1 aromatic rings. The van der Waals surface area contributed by atoms with E-state index >= 15 is 0 Å². The molecule has 22 heavy (non-hydrogen) atoms. The Morgan fingerprint density at radius 2 is 2.32 bits per heavy atom. The second-order valence-corrected chi connectivity index (χ2v) is 6.55. The van der Waals surface area contributed by atoms with Crippen LogP contribution in [0, 0.1) is 0 Å². The van der Waals surface area contributed by atoms with E-state index in [1.165, 1.54) is 0 Å². The van der Waals surface area contributed by atoms with Gasteiger partial charge in [0.1, 0.15) is 11.4 Å². The minimum atomic E-state index is -0.491. The van der Waals surface area contributed by atoms with Gasteiger partial charge in [-0.2, -0.15) is 0 Å². The Hall–Kier alpha value is -1.53. The minimum absolute atomic E-state index is 0.0407. The van der Waals surface area contributed by atoms with Gasteiger partial charge in [-0.1, -0.05) is 0 Å². The third kappa shape index (κ3) is 4.74. The van der Waals surface area contributed by atoms with Crippen LogP contribution in [-0.4, -0.2) is 48.9 Å². The van der Waals surface area contributed by atoms with Gasteiger partial charge in [-0.05, 0) is 39.8 Å².